The van der Waals surface area contributed by atoms with Gasteiger partial charge in [-0.3, -0.25) is 14.4 Å². The summed E-state index contributed by atoms with van der Waals surface area (Å²) >= 11 is 1.38. The van der Waals surface area contributed by atoms with Gasteiger partial charge in [0.05, 0.1) is 17.0 Å². The molecule has 1 aromatic heterocycles. The fraction of sp³-hybridized carbons (Fsp3) is 0.381. The third-order valence-electron chi connectivity index (χ3n) is 5.40. The molecule has 2 saturated heterocycles. The summed E-state index contributed by atoms with van der Waals surface area (Å²) in [6, 6.07) is 10.7. The van der Waals surface area contributed by atoms with E-state index in [0.29, 0.717) is 42.2 Å². The maximum atomic E-state index is 13.3. The lowest BCUT2D eigenvalue weighted by Gasteiger charge is -2.41. The van der Waals surface area contributed by atoms with Crippen LogP contribution in [-0.4, -0.2) is 66.2 Å². The fourth-order valence-electron chi connectivity index (χ4n) is 3.98. The number of carbonyl (C=O) groups excluding carboxylic acids is 3. The maximum absolute atomic E-state index is 13.3. The molecule has 4 rings (SSSR count). The lowest BCUT2D eigenvalue weighted by molar-refractivity contribution is -0.135. The van der Waals surface area contributed by atoms with Gasteiger partial charge in [-0.15, -0.1) is 11.3 Å². The number of piperidine rings is 1. The van der Waals surface area contributed by atoms with E-state index in [2.05, 4.69) is 5.32 Å². The Morgan fingerprint density at radius 1 is 1.07 bits per heavy atom. The van der Waals surface area contributed by atoms with Crippen LogP contribution in [0.2, 0.25) is 0 Å². The molecule has 146 valence electrons. The quantitative estimate of drug-likeness (QED) is 0.802. The monoisotopic (exact) mass is 397 g/mol. The van der Waals surface area contributed by atoms with Crippen molar-refractivity contribution in [2.45, 2.75) is 18.9 Å². The van der Waals surface area contributed by atoms with Crippen molar-refractivity contribution in [3.63, 3.8) is 0 Å². The van der Waals surface area contributed by atoms with Gasteiger partial charge in [-0.05, 0) is 30.4 Å². The number of amides is 2. The van der Waals surface area contributed by atoms with E-state index in [-0.39, 0.29) is 23.6 Å². The number of carbonyl (C=O) groups is 3. The molecule has 2 aliphatic rings. The summed E-state index contributed by atoms with van der Waals surface area (Å²) in [6.45, 7) is 3.00. The van der Waals surface area contributed by atoms with Crippen molar-refractivity contribution in [1.82, 2.24) is 15.1 Å². The molecule has 3 heterocycles. The molecular weight excluding hydrogens is 374 g/mol. The van der Waals surface area contributed by atoms with Crippen LogP contribution < -0.4 is 5.32 Å². The minimum absolute atomic E-state index is 0.0486. The van der Waals surface area contributed by atoms with Crippen molar-refractivity contribution in [3.05, 3.63) is 57.8 Å². The second kappa shape index (κ2) is 8.24. The van der Waals surface area contributed by atoms with Crippen molar-refractivity contribution >= 4 is 28.9 Å². The Balaban J connectivity index is 1.54. The molecule has 0 radical (unpaired) electrons. The van der Waals surface area contributed by atoms with Crippen LogP contribution in [0.5, 0.6) is 0 Å². The highest BCUT2D eigenvalue weighted by Crippen LogP contribution is 2.23. The van der Waals surface area contributed by atoms with E-state index in [4.69, 9.17) is 0 Å². The number of likely N-dealkylation sites (tertiary alicyclic amines) is 1. The molecule has 0 aliphatic carbocycles. The molecule has 0 spiro atoms. The smallest absolute Gasteiger partial charge is 0.254 e. The molecule has 2 amide bonds. The Morgan fingerprint density at radius 2 is 1.89 bits per heavy atom. The van der Waals surface area contributed by atoms with Crippen LogP contribution in [-0.2, 0) is 4.79 Å². The molecule has 0 bridgehead atoms. The minimum Gasteiger partial charge on any atom is -0.337 e. The first-order chi connectivity index (χ1) is 13.6. The van der Waals surface area contributed by atoms with Gasteiger partial charge < -0.3 is 15.1 Å². The molecule has 28 heavy (non-hydrogen) atoms. The van der Waals surface area contributed by atoms with Crippen LogP contribution in [0.3, 0.4) is 0 Å². The molecule has 2 fully saturated rings. The van der Waals surface area contributed by atoms with E-state index in [9.17, 15) is 14.4 Å². The second-order valence-electron chi connectivity index (χ2n) is 7.16. The maximum Gasteiger partial charge on any atom is 0.254 e. The van der Waals surface area contributed by atoms with Crippen LogP contribution in [0.4, 0.5) is 0 Å². The molecule has 2 aromatic rings. The highest BCUT2D eigenvalue weighted by molar-refractivity contribution is 7.12. The zero-order valence-electron chi connectivity index (χ0n) is 15.6. The van der Waals surface area contributed by atoms with Gasteiger partial charge in [0.2, 0.25) is 11.7 Å². The number of hydrogen-bond acceptors (Lipinski definition) is 5. The first kappa shape index (κ1) is 18.8. The predicted octanol–water partition coefficient (Wildman–Crippen LogP) is 2.02. The largest absolute Gasteiger partial charge is 0.337 e. The molecule has 1 aromatic carbocycles. The van der Waals surface area contributed by atoms with Crippen molar-refractivity contribution < 1.29 is 14.4 Å². The summed E-state index contributed by atoms with van der Waals surface area (Å²) < 4.78 is 0. The third kappa shape index (κ3) is 3.72. The third-order valence-corrected chi connectivity index (χ3v) is 6.27. The second-order valence-corrected chi connectivity index (χ2v) is 8.11. The number of thiophene rings is 1. The number of rotatable bonds is 4. The van der Waals surface area contributed by atoms with Gasteiger partial charge >= 0.3 is 0 Å². The highest BCUT2D eigenvalue weighted by atomic mass is 32.1. The summed E-state index contributed by atoms with van der Waals surface area (Å²) in [5.74, 6) is -0.156. The van der Waals surface area contributed by atoms with Crippen molar-refractivity contribution in [2.24, 2.45) is 0 Å². The van der Waals surface area contributed by atoms with Gasteiger partial charge in [-0.25, -0.2) is 0 Å². The first-order valence-corrected chi connectivity index (χ1v) is 10.5. The summed E-state index contributed by atoms with van der Waals surface area (Å²) in [6.07, 6.45) is 1.76. The molecule has 1 N–H and O–H groups in total. The van der Waals surface area contributed by atoms with E-state index < -0.39 is 0 Å². The number of benzene rings is 1. The molecule has 2 aliphatic heterocycles. The predicted molar refractivity (Wildman–Crippen MR) is 108 cm³/mol. The summed E-state index contributed by atoms with van der Waals surface area (Å²) in [5, 5.41) is 4.95. The van der Waals surface area contributed by atoms with Crippen LogP contribution >= 0.6 is 11.3 Å². The number of piperazine rings is 1. The Labute approximate surface area is 168 Å². The van der Waals surface area contributed by atoms with Crippen LogP contribution in [0.15, 0.2) is 41.8 Å². The Kier molecular flexibility index (Phi) is 5.54. The zero-order valence-corrected chi connectivity index (χ0v) is 16.4. The van der Waals surface area contributed by atoms with Gasteiger partial charge in [0, 0.05) is 37.8 Å². The average Bonchev–Trinajstić information content (AvgIpc) is 3.28. The van der Waals surface area contributed by atoms with Gasteiger partial charge in [0.1, 0.15) is 0 Å². The lowest BCUT2D eigenvalue weighted by Crippen LogP contribution is -2.57. The average molecular weight is 398 g/mol. The Bertz CT molecular complexity index is 881. The van der Waals surface area contributed by atoms with E-state index >= 15 is 0 Å². The topological polar surface area (TPSA) is 69.7 Å². The fourth-order valence-corrected chi connectivity index (χ4v) is 4.66. The molecule has 7 heteroatoms. The van der Waals surface area contributed by atoms with Gasteiger partial charge in [-0.2, -0.15) is 0 Å². The van der Waals surface area contributed by atoms with Crippen LogP contribution in [0, 0.1) is 0 Å². The first-order valence-electron chi connectivity index (χ1n) is 9.62. The van der Waals surface area contributed by atoms with Gasteiger partial charge in [0.15, 0.2) is 0 Å². The van der Waals surface area contributed by atoms with E-state index in [1.165, 1.54) is 11.3 Å². The SMILES string of the molecule is O=C(c1cccs1)c1ccccc1C(=O)N1CCCC(N2CCNCC2=O)C1. The normalized spacial score (nSPS) is 20.3. The van der Waals surface area contributed by atoms with Crippen molar-refractivity contribution in [1.29, 1.82) is 0 Å². The van der Waals surface area contributed by atoms with Gasteiger partial charge in [0.25, 0.3) is 5.91 Å². The van der Waals surface area contributed by atoms with Crippen molar-refractivity contribution in [3.8, 4) is 0 Å². The van der Waals surface area contributed by atoms with Crippen LogP contribution in [0.1, 0.15) is 38.4 Å². The van der Waals surface area contributed by atoms with E-state index in [1.807, 2.05) is 16.3 Å². The Hall–Kier alpha value is -2.51. The van der Waals surface area contributed by atoms with Gasteiger partial charge in [-0.1, -0.05) is 24.3 Å². The molecule has 1 atom stereocenters. The molecular formula is C21H23N3O3S. The summed E-state index contributed by atoms with van der Waals surface area (Å²) in [4.78, 5) is 42.7. The van der Waals surface area contributed by atoms with Crippen LogP contribution in [0.25, 0.3) is 0 Å². The molecule has 1 unspecified atom stereocenters. The summed E-state index contributed by atoms with van der Waals surface area (Å²) in [5.41, 5.74) is 0.878. The Morgan fingerprint density at radius 3 is 2.64 bits per heavy atom. The van der Waals surface area contributed by atoms with E-state index in [1.54, 1.807) is 35.2 Å². The number of hydrogen-bond donors (Lipinski definition) is 1. The molecule has 0 saturated carbocycles. The number of ketones is 1. The standard InChI is InChI=1S/C21H23N3O3S/c25-19-13-22-9-11-24(19)15-5-3-10-23(14-15)21(27)17-7-2-1-6-16(17)20(26)18-8-4-12-28-18/h1-2,4,6-8,12,15,22H,3,5,9-11,13-14H2. The number of nitrogens with one attached hydrogen (secondary N) is 1. The summed E-state index contributed by atoms with van der Waals surface area (Å²) in [7, 11) is 0. The zero-order chi connectivity index (χ0) is 19.5. The minimum atomic E-state index is -0.132. The molecule has 6 nitrogen and oxygen atoms in total. The van der Waals surface area contributed by atoms with E-state index in [0.717, 1.165) is 19.4 Å². The highest BCUT2D eigenvalue weighted by Gasteiger charge is 2.33. The number of nitrogens with zero attached hydrogens (tertiary/aromatic N) is 2. The van der Waals surface area contributed by atoms with Crippen molar-refractivity contribution in [2.75, 3.05) is 32.7 Å². The lowest BCUT2D eigenvalue weighted by atomic mass is 9.98.